The highest BCUT2D eigenvalue weighted by atomic mass is 32.1. The van der Waals surface area contributed by atoms with Gasteiger partial charge in [0.15, 0.2) is 16.5 Å². The van der Waals surface area contributed by atoms with Crippen molar-refractivity contribution in [2.45, 2.75) is 6.61 Å². The van der Waals surface area contributed by atoms with Gasteiger partial charge in [0.05, 0.1) is 24.1 Å². The largest absolute Gasteiger partial charge is 0.495 e. The number of nitrogens with one attached hydrogen (secondary N) is 1. The molecule has 0 atom stereocenters. The summed E-state index contributed by atoms with van der Waals surface area (Å²) in [5.74, 6) is 1.24. The summed E-state index contributed by atoms with van der Waals surface area (Å²) in [6.07, 6.45) is 0. The highest BCUT2D eigenvalue weighted by molar-refractivity contribution is 7.14. The predicted molar refractivity (Wildman–Crippen MR) is 131 cm³/mol. The Bertz CT molecular complexity index is 1460. The molecule has 33 heavy (non-hydrogen) atoms. The molecule has 164 valence electrons. The minimum Gasteiger partial charge on any atom is -0.495 e. The van der Waals surface area contributed by atoms with E-state index in [4.69, 9.17) is 13.9 Å². The summed E-state index contributed by atoms with van der Waals surface area (Å²) in [6, 6.07) is 24.8. The van der Waals surface area contributed by atoms with Gasteiger partial charge in [-0.3, -0.25) is 0 Å². The van der Waals surface area contributed by atoms with Crippen LogP contribution in [0.2, 0.25) is 0 Å². The first-order valence-corrected chi connectivity index (χ1v) is 11.2. The molecule has 1 N–H and O–H groups in total. The van der Waals surface area contributed by atoms with Crippen molar-refractivity contribution >= 4 is 33.1 Å². The van der Waals surface area contributed by atoms with Gasteiger partial charge in [0.2, 0.25) is 0 Å². The van der Waals surface area contributed by atoms with Gasteiger partial charge in [0, 0.05) is 10.8 Å². The van der Waals surface area contributed by atoms with Crippen molar-refractivity contribution in [2.75, 3.05) is 12.4 Å². The Hall–Kier alpha value is -4.10. The van der Waals surface area contributed by atoms with Crippen LogP contribution in [0.15, 0.2) is 93.5 Å². The van der Waals surface area contributed by atoms with Crippen LogP contribution in [0.1, 0.15) is 5.56 Å². The lowest BCUT2D eigenvalue weighted by atomic mass is 10.1. The van der Waals surface area contributed by atoms with Gasteiger partial charge in [-0.1, -0.05) is 54.6 Å². The molecule has 0 radical (unpaired) electrons. The van der Waals surface area contributed by atoms with Crippen molar-refractivity contribution < 1.29 is 13.9 Å². The number of methoxy groups -OCH3 is 1. The number of para-hydroxylation sites is 3. The van der Waals surface area contributed by atoms with E-state index in [0.29, 0.717) is 40.1 Å². The van der Waals surface area contributed by atoms with Crippen LogP contribution in [0.3, 0.4) is 0 Å². The van der Waals surface area contributed by atoms with E-state index < -0.39 is 5.63 Å². The summed E-state index contributed by atoms with van der Waals surface area (Å²) < 4.78 is 17.0. The van der Waals surface area contributed by atoms with Crippen LogP contribution >= 0.6 is 11.3 Å². The zero-order valence-electron chi connectivity index (χ0n) is 17.8. The van der Waals surface area contributed by atoms with E-state index in [-0.39, 0.29) is 0 Å². The quantitative estimate of drug-likeness (QED) is 0.292. The van der Waals surface area contributed by atoms with Gasteiger partial charge >= 0.3 is 5.63 Å². The molecule has 0 spiro atoms. The highest BCUT2D eigenvalue weighted by Crippen LogP contribution is 2.32. The third-order valence-electron chi connectivity index (χ3n) is 5.09. The van der Waals surface area contributed by atoms with Crippen molar-refractivity contribution in [3.05, 3.63) is 100 Å². The van der Waals surface area contributed by atoms with Crippen LogP contribution in [-0.4, -0.2) is 12.1 Å². The van der Waals surface area contributed by atoms with Crippen LogP contribution in [0.25, 0.3) is 22.2 Å². The number of hydrogen-bond donors (Lipinski definition) is 1. The molecule has 2 aromatic heterocycles. The number of aromatic nitrogens is 1. The molecule has 0 saturated heterocycles. The fourth-order valence-electron chi connectivity index (χ4n) is 3.46. The number of anilines is 2. The second kappa shape index (κ2) is 9.18. The van der Waals surface area contributed by atoms with Crippen molar-refractivity contribution in [1.29, 1.82) is 0 Å². The summed E-state index contributed by atoms with van der Waals surface area (Å²) >= 11 is 1.40. The normalized spacial score (nSPS) is 10.8. The minimum atomic E-state index is -0.465. The molecule has 0 amide bonds. The van der Waals surface area contributed by atoms with Gasteiger partial charge in [0.25, 0.3) is 0 Å². The Kier molecular flexibility index (Phi) is 5.78. The van der Waals surface area contributed by atoms with Gasteiger partial charge < -0.3 is 19.2 Å². The number of thiazole rings is 1. The maximum Gasteiger partial charge on any atom is 0.345 e. The van der Waals surface area contributed by atoms with Crippen molar-refractivity contribution in [1.82, 2.24) is 4.98 Å². The molecule has 6 nitrogen and oxygen atoms in total. The number of rotatable bonds is 7. The van der Waals surface area contributed by atoms with E-state index in [1.165, 1.54) is 11.3 Å². The van der Waals surface area contributed by atoms with Gasteiger partial charge in [-0.25, -0.2) is 9.78 Å². The SMILES string of the molecule is COc1ccccc1Nc1nc(-c2cc3cccc(OCc4ccccc4)c3oc2=O)cs1. The summed E-state index contributed by atoms with van der Waals surface area (Å²) in [4.78, 5) is 17.4. The van der Waals surface area contributed by atoms with E-state index in [1.807, 2.05) is 72.1 Å². The second-order valence-electron chi connectivity index (χ2n) is 7.26. The van der Waals surface area contributed by atoms with Crippen LogP contribution in [-0.2, 0) is 6.61 Å². The molecule has 0 fully saturated rings. The highest BCUT2D eigenvalue weighted by Gasteiger charge is 2.15. The van der Waals surface area contributed by atoms with E-state index in [1.54, 1.807) is 19.2 Å². The monoisotopic (exact) mass is 456 g/mol. The average molecular weight is 457 g/mol. The first-order chi connectivity index (χ1) is 16.2. The van der Waals surface area contributed by atoms with Crippen molar-refractivity contribution in [2.24, 2.45) is 0 Å². The van der Waals surface area contributed by atoms with Gasteiger partial charge in [-0.05, 0) is 29.8 Å². The number of nitrogens with zero attached hydrogens (tertiary/aromatic N) is 1. The smallest absolute Gasteiger partial charge is 0.345 e. The molecule has 0 aliphatic carbocycles. The Morgan fingerprint density at radius 2 is 1.76 bits per heavy atom. The first-order valence-electron chi connectivity index (χ1n) is 10.3. The van der Waals surface area contributed by atoms with E-state index in [2.05, 4.69) is 10.3 Å². The Labute approximate surface area is 194 Å². The lowest BCUT2D eigenvalue weighted by molar-refractivity contribution is 0.304. The van der Waals surface area contributed by atoms with Crippen LogP contribution in [0.5, 0.6) is 11.5 Å². The summed E-state index contributed by atoms with van der Waals surface area (Å²) in [6.45, 7) is 0.384. The third kappa shape index (κ3) is 4.44. The summed E-state index contributed by atoms with van der Waals surface area (Å²) in [5.41, 5.74) is 2.73. The van der Waals surface area contributed by atoms with Gasteiger partial charge in [0.1, 0.15) is 12.4 Å². The zero-order valence-corrected chi connectivity index (χ0v) is 18.6. The Morgan fingerprint density at radius 3 is 2.61 bits per heavy atom. The first kappa shape index (κ1) is 20.8. The van der Waals surface area contributed by atoms with Crippen LogP contribution in [0, 0.1) is 0 Å². The Balaban J connectivity index is 1.43. The molecule has 0 aliphatic rings. The standard InChI is InChI=1S/C26H20N2O4S/c1-30-22-12-6-5-11-20(22)27-26-28-21(16-33-26)19-14-18-10-7-13-23(24(18)32-25(19)29)31-15-17-8-3-2-4-9-17/h2-14,16H,15H2,1H3,(H,27,28). The average Bonchev–Trinajstić information content (AvgIpc) is 3.31. The summed E-state index contributed by atoms with van der Waals surface area (Å²) in [5, 5.41) is 6.48. The zero-order chi connectivity index (χ0) is 22.6. The molecular formula is C26H20N2O4S. The lowest BCUT2D eigenvalue weighted by Gasteiger charge is -2.09. The Morgan fingerprint density at radius 1 is 0.970 bits per heavy atom. The van der Waals surface area contributed by atoms with Crippen molar-refractivity contribution in [3.63, 3.8) is 0 Å². The number of ether oxygens (including phenoxy) is 2. The van der Waals surface area contributed by atoms with E-state index >= 15 is 0 Å². The molecule has 0 saturated carbocycles. The van der Waals surface area contributed by atoms with Gasteiger partial charge in [-0.2, -0.15) is 0 Å². The van der Waals surface area contributed by atoms with E-state index in [0.717, 1.165) is 16.6 Å². The third-order valence-corrected chi connectivity index (χ3v) is 5.85. The molecule has 0 aliphatic heterocycles. The fourth-order valence-corrected chi connectivity index (χ4v) is 4.19. The number of hydrogen-bond acceptors (Lipinski definition) is 7. The van der Waals surface area contributed by atoms with Crippen LogP contribution in [0.4, 0.5) is 10.8 Å². The second-order valence-corrected chi connectivity index (χ2v) is 8.12. The molecule has 7 heteroatoms. The van der Waals surface area contributed by atoms with Crippen molar-refractivity contribution in [3.8, 4) is 22.8 Å². The number of fused-ring (bicyclic) bond motifs is 1. The molecule has 3 aromatic carbocycles. The maximum atomic E-state index is 12.8. The topological polar surface area (TPSA) is 73.6 Å². The molecule has 2 heterocycles. The fraction of sp³-hybridized carbons (Fsp3) is 0.0769. The van der Waals surface area contributed by atoms with Gasteiger partial charge in [-0.15, -0.1) is 11.3 Å². The summed E-state index contributed by atoms with van der Waals surface area (Å²) in [7, 11) is 1.62. The number of benzene rings is 3. The maximum absolute atomic E-state index is 12.8. The lowest BCUT2D eigenvalue weighted by Crippen LogP contribution is -2.04. The molecule has 5 aromatic rings. The van der Waals surface area contributed by atoms with E-state index in [9.17, 15) is 4.79 Å². The predicted octanol–water partition coefficient (Wildman–Crippen LogP) is 6.25. The molecule has 5 rings (SSSR count). The molecule has 0 unspecified atom stereocenters. The minimum absolute atomic E-state index is 0.384. The van der Waals surface area contributed by atoms with Crippen LogP contribution < -0.4 is 20.4 Å². The molecule has 0 bridgehead atoms. The molecular weight excluding hydrogens is 436 g/mol.